The third-order valence-corrected chi connectivity index (χ3v) is 6.83. The van der Waals surface area contributed by atoms with E-state index in [1.54, 1.807) is 0 Å². The van der Waals surface area contributed by atoms with E-state index in [0.29, 0.717) is 17.7 Å². The number of carbonyl (C=O) groups is 2. The average Bonchev–Trinajstić information content (AvgIpc) is 2.98. The van der Waals surface area contributed by atoms with Crippen LogP contribution in [0.5, 0.6) is 11.5 Å². The summed E-state index contributed by atoms with van der Waals surface area (Å²) in [6, 6.07) is 21.2. The molecule has 1 amide bonds. The van der Waals surface area contributed by atoms with Crippen LogP contribution in [0.15, 0.2) is 78.9 Å². The van der Waals surface area contributed by atoms with Crippen LogP contribution in [0, 0.1) is 5.92 Å². The second-order valence-corrected chi connectivity index (χ2v) is 9.51. The fraction of sp³-hybridized carbons (Fsp3) is 0.333. The highest BCUT2D eigenvalue weighted by Gasteiger charge is 2.43. The van der Waals surface area contributed by atoms with Crippen molar-refractivity contribution in [1.82, 2.24) is 10.2 Å². The summed E-state index contributed by atoms with van der Waals surface area (Å²) in [5.41, 5.74) is 2.01. The standard InChI is InChI=1S/C30H31F3N2O6/c1-38-26-14-13-24(41-30(31,32)33)15-22(26)17-34-25-16-23(28(36)39-2)18-35(27(25)21-11-7-4-8-12-21)29(37)40-19-20-9-5-3-6-10-20/h3-15,23,25,27,34H,16-19H2,1-2H3/t23-,25+,27+/m1/s1. The van der Waals surface area contributed by atoms with Crippen LogP contribution in [0.2, 0.25) is 0 Å². The summed E-state index contributed by atoms with van der Waals surface area (Å²) in [5.74, 6) is -1.19. The van der Waals surface area contributed by atoms with Gasteiger partial charge in [-0.05, 0) is 35.7 Å². The van der Waals surface area contributed by atoms with E-state index in [2.05, 4.69) is 10.1 Å². The first-order chi connectivity index (χ1) is 19.7. The van der Waals surface area contributed by atoms with Gasteiger partial charge in [-0.1, -0.05) is 60.7 Å². The van der Waals surface area contributed by atoms with Crippen LogP contribution in [0.3, 0.4) is 0 Å². The minimum atomic E-state index is -4.85. The highest BCUT2D eigenvalue weighted by Crippen LogP contribution is 2.36. The smallest absolute Gasteiger partial charge is 0.496 e. The number of amides is 1. The molecule has 1 heterocycles. The number of hydrogen-bond donors (Lipinski definition) is 1. The van der Waals surface area contributed by atoms with Gasteiger partial charge in [-0.3, -0.25) is 9.69 Å². The Morgan fingerprint density at radius 2 is 1.66 bits per heavy atom. The molecule has 1 N–H and O–H groups in total. The number of nitrogens with zero attached hydrogens (tertiary/aromatic N) is 1. The molecule has 1 aliphatic rings. The number of piperidine rings is 1. The Balaban J connectivity index is 1.63. The van der Waals surface area contributed by atoms with Crippen molar-refractivity contribution in [3.63, 3.8) is 0 Å². The van der Waals surface area contributed by atoms with E-state index >= 15 is 0 Å². The van der Waals surface area contributed by atoms with Gasteiger partial charge in [-0.25, -0.2) is 4.79 Å². The number of methoxy groups -OCH3 is 2. The predicted molar refractivity (Wildman–Crippen MR) is 143 cm³/mol. The fourth-order valence-corrected chi connectivity index (χ4v) is 4.99. The summed E-state index contributed by atoms with van der Waals surface area (Å²) >= 11 is 0. The Hall–Kier alpha value is -4.25. The molecule has 0 radical (unpaired) electrons. The number of halogens is 3. The van der Waals surface area contributed by atoms with Gasteiger partial charge in [0.1, 0.15) is 18.1 Å². The first kappa shape index (κ1) is 29.7. The highest BCUT2D eigenvalue weighted by molar-refractivity contribution is 5.75. The van der Waals surface area contributed by atoms with Crippen LogP contribution in [0.1, 0.15) is 29.2 Å². The van der Waals surface area contributed by atoms with Crippen LogP contribution in [0.25, 0.3) is 0 Å². The van der Waals surface area contributed by atoms with E-state index in [-0.39, 0.29) is 19.7 Å². The summed E-state index contributed by atoms with van der Waals surface area (Å²) < 4.78 is 58.7. The second kappa shape index (κ2) is 13.4. The quantitative estimate of drug-likeness (QED) is 0.333. The number of ether oxygens (including phenoxy) is 4. The van der Waals surface area contributed by atoms with Gasteiger partial charge in [-0.15, -0.1) is 13.2 Å². The topological polar surface area (TPSA) is 86.3 Å². The summed E-state index contributed by atoms with van der Waals surface area (Å²) in [7, 11) is 2.69. The number of benzene rings is 3. The Morgan fingerprint density at radius 3 is 2.29 bits per heavy atom. The van der Waals surface area contributed by atoms with E-state index in [0.717, 1.165) is 11.1 Å². The van der Waals surface area contributed by atoms with Crippen molar-refractivity contribution in [3.8, 4) is 11.5 Å². The normalized spacial score (nSPS) is 18.9. The molecule has 8 nitrogen and oxygen atoms in total. The fourth-order valence-electron chi connectivity index (χ4n) is 4.99. The molecular weight excluding hydrogens is 541 g/mol. The molecule has 1 fully saturated rings. The zero-order valence-corrected chi connectivity index (χ0v) is 22.6. The lowest BCUT2D eigenvalue weighted by Gasteiger charge is -2.44. The third-order valence-electron chi connectivity index (χ3n) is 6.83. The van der Waals surface area contributed by atoms with Crippen molar-refractivity contribution in [3.05, 3.63) is 95.6 Å². The second-order valence-electron chi connectivity index (χ2n) is 9.51. The molecule has 11 heteroatoms. The molecule has 1 aliphatic heterocycles. The number of esters is 1. The average molecular weight is 573 g/mol. The number of alkyl halides is 3. The molecule has 3 aromatic rings. The summed E-state index contributed by atoms with van der Waals surface area (Å²) in [6.07, 6.45) is -5.16. The van der Waals surface area contributed by atoms with Crippen molar-refractivity contribution in [1.29, 1.82) is 0 Å². The molecular formula is C30H31F3N2O6. The Kier molecular flexibility index (Phi) is 9.72. The first-order valence-corrected chi connectivity index (χ1v) is 12.9. The van der Waals surface area contributed by atoms with E-state index < -0.39 is 42.2 Å². The van der Waals surface area contributed by atoms with Crippen molar-refractivity contribution >= 4 is 12.1 Å². The maximum Gasteiger partial charge on any atom is 0.573 e. The van der Waals surface area contributed by atoms with Crippen LogP contribution < -0.4 is 14.8 Å². The van der Waals surface area contributed by atoms with Crippen LogP contribution in [-0.4, -0.2) is 50.1 Å². The number of carbonyl (C=O) groups excluding carboxylic acids is 2. The molecule has 4 rings (SSSR count). The predicted octanol–water partition coefficient (Wildman–Crippen LogP) is 5.63. The van der Waals surface area contributed by atoms with Crippen LogP contribution in [0.4, 0.5) is 18.0 Å². The molecule has 0 bridgehead atoms. The van der Waals surface area contributed by atoms with Gasteiger partial charge in [-0.2, -0.15) is 0 Å². The molecule has 3 atom stereocenters. The van der Waals surface area contributed by atoms with E-state index in [4.69, 9.17) is 14.2 Å². The molecule has 0 saturated carbocycles. The number of nitrogens with one attached hydrogen (secondary N) is 1. The SMILES string of the molecule is COC(=O)[C@@H]1C[C@H](NCc2cc(OC(F)(F)F)ccc2OC)[C@H](c2ccccc2)N(C(=O)OCc2ccccc2)C1. The highest BCUT2D eigenvalue weighted by atomic mass is 19.4. The minimum Gasteiger partial charge on any atom is -0.496 e. The summed E-state index contributed by atoms with van der Waals surface area (Å²) in [6.45, 7) is 0.172. The Morgan fingerprint density at radius 1 is 0.976 bits per heavy atom. The zero-order chi connectivity index (χ0) is 29.4. The maximum atomic E-state index is 13.5. The third kappa shape index (κ3) is 7.91. The van der Waals surface area contributed by atoms with Gasteiger partial charge in [0.2, 0.25) is 0 Å². The lowest BCUT2D eigenvalue weighted by Crippen LogP contribution is -2.54. The lowest BCUT2D eigenvalue weighted by atomic mass is 9.84. The van der Waals surface area contributed by atoms with Crippen molar-refractivity contribution < 1.29 is 41.7 Å². The Labute approximate surface area is 236 Å². The number of hydrogen-bond acceptors (Lipinski definition) is 7. The van der Waals surface area contributed by atoms with E-state index in [1.807, 2.05) is 60.7 Å². The van der Waals surface area contributed by atoms with E-state index in [1.165, 1.54) is 37.3 Å². The molecule has 3 aromatic carbocycles. The first-order valence-electron chi connectivity index (χ1n) is 12.9. The molecule has 0 aliphatic carbocycles. The van der Waals surface area contributed by atoms with Gasteiger partial charge < -0.3 is 24.3 Å². The van der Waals surface area contributed by atoms with Crippen LogP contribution >= 0.6 is 0 Å². The summed E-state index contributed by atoms with van der Waals surface area (Å²) in [4.78, 5) is 27.7. The van der Waals surface area contributed by atoms with Crippen LogP contribution in [-0.2, 0) is 27.4 Å². The molecule has 218 valence electrons. The zero-order valence-electron chi connectivity index (χ0n) is 22.6. The molecule has 1 saturated heterocycles. The summed E-state index contributed by atoms with van der Waals surface area (Å²) in [5, 5.41) is 3.34. The molecule has 0 aromatic heterocycles. The van der Waals surface area contributed by atoms with Crippen molar-refractivity contribution in [2.75, 3.05) is 20.8 Å². The molecule has 41 heavy (non-hydrogen) atoms. The maximum absolute atomic E-state index is 13.5. The van der Waals surface area contributed by atoms with Gasteiger partial charge in [0.25, 0.3) is 0 Å². The number of rotatable bonds is 9. The van der Waals surface area contributed by atoms with Gasteiger partial charge in [0.15, 0.2) is 0 Å². The minimum absolute atomic E-state index is 0.0435. The monoisotopic (exact) mass is 572 g/mol. The molecule has 0 unspecified atom stereocenters. The largest absolute Gasteiger partial charge is 0.573 e. The van der Waals surface area contributed by atoms with E-state index in [9.17, 15) is 22.8 Å². The Bertz CT molecular complexity index is 1310. The van der Waals surface area contributed by atoms with Crippen molar-refractivity contribution in [2.24, 2.45) is 5.92 Å². The lowest BCUT2D eigenvalue weighted by molar-refractivity contribution is -0.274. The number of likely N-dealkylation sites (tertiary alicyclic amines) is 1. The van der Waals surface area contributed by atoms with Gasteiger partial charge in [0.05, 0.1) is 26.2 Å². The molecule has 0 spiro atoms. The van der Waals surface area contributed by atoms with Crippen molar-refractivity contribution in [2.45, 2.75) is 38.0 Å². The van der Waals surface area contributed by atoms with Gasteiger partial charge >= 0.3 is 18.4 Å². The van der Waals surface area contributed by atoms with Gasteiger partial charge in [0, 0.05) is 24.7 Å².